The summed E-state index contributed by atoms with van der Waals surface area (Å²) >= 11 is 0. The molecule has 0 aliphatic carbocycles. The van der Waals surface area contributed by atoms with Gasteiger partial charge in [-0.25, -0.2) is 9.59 Å². The average molecular weight is 324 g/mol. The lowest BCUT2D eigenvalue weighted by Crippen LogP contribution is -2.08. The van der Waals surface area contributed by atoms with Crippen LogP contribution in [0.15, 0.2) is 54.6 Å². The van der Waals surface area contributed by atoms with Crippen molar-refractivity contribution in [3.05, 3.63) is 71.3 Å². The second-order valence-corrected chi connectivity index (χ2v) is 5.21. The van der Waals surface area contributed by atoms with E-state index in [0.29, 0.717) is 23.3 Å². The molecule has 5 nitrogen and oxygen atoms in total. The summed E-state index contributed by atoms with van der Waals surface area (Å²) in [5, 5.41) is 8.57. The number of carboxylic acids is 1. The molecule has 2 aromatic carbocycles. The molecule has 0 bridgehead atoms. The van der Waals surface area contributed by atoms with Gasteiger partial charge in [-0.15, -0.1) is 0 Å². The highest BCUT2D eigenvalue weighted by atomic mass is 16.5. The number of hydrogen-bond donors (Lipinski definition) is 1. The summed E-state index contributed by atoms with van der Waals surface area (Å²) in [5.41, 5.74) is 1.91. The van der Waals surface area contributed by atoms with Crippen molar-refractivity contribution in [2.24, 2.45) is 0 Å². The van der Waals surface area contributed by atoms with Gasteiger partial charge in [0, 0.05) is 12.5 Å². The fraction of sp³-hybridized carbons (Fsp3) is 0.105. The third-order valence-electron chi connectivity index (χ3n) is 3.15. The average Bonchev–Trinajstić information content (AvgIpc) is 2.54. The molecule has 24 heavy (non-hydrogen) atoms. The summed E-state index contributed by atoms with van der Waals surface area (Å²) in [4.78, 5) is 33.6. The molecule has 0 aliphatic heterocycles. The first-order valence-corrected chi connectivity index (χ1v) is 7.25. The van der Waals surface area contributed by atoms with Gasteiger partial charge in [-0.05, 0) is 48.4 Å². The topological polar surface area (TPSA) is 80.7 Å². The Kier molecular flexibility index (Phi) is 5.63. The van der Waals surface area contributed by atoms with E-state index >= 15 is 0 Å². The highest BCUT2D eigenvalue weighted by Crippen LogP contribution is 2.15. The number of ether oxygens (including phenoxy) is 1. The summed E-state index contributed by atoms with van der Waals surface area (Å²) in [7, 11) is 0. The van der Waals surface area contributed by atoms with E-state index in [1.54, 1.807) is 48.5 Å². The second kappa shape index (κ2) is 7.87. The first-order valence-electron chi connectivity index (χ1n) is 7.25. The maximum absolute atomic E-state index is 12.1. The molecule has 0 fully saturated rings. The van der Waals surface area contributed by atoms with E-state index in [1.807, 2.05) is 0 Å². The standard InChI is InChI=1S/C19H16O5/c1-13(20)12-15-2-7-16(8-3-15)19(23)24-17-9-4-14(5-10-17)6-11-18(21)22/h2-11H,12H2,1H3,(H,21,22)/b11-6+. The van der Waals surface area contributed by atoms with Crippen LogP contribution in [-0.4, -0.2) is 22.8 Å². The van der Waals surface area contributed by atoms with E-state index in [2.05, 4.69) is 0 Å². The second-order valence-electron chi connectivity index (χ2n) is 5.21. The van der Waals surface area contributed by atoms with Gasteiger partial charge in [0.2, 0.25) is 0 Å². The molecule has 0 radical (unpaired) electrons. The Morgan fingerprint density at radius 2 is 1.62 bits per heavy atom. The van der Waals surface area contributed by atoms with E-state index in [9.17, 15) is 14.4 Å². The molecular weight excluding hydrogens is 308 g/mol. The minimum atomic E-state index is -1.03. The lowest BCUT2D eigenvalue weighted by molar-refractivity contribution is -0.131. The maximum Gasteiger partial charge on any atom is 0.343 e. The van der Waals surface area contributed by atoms with Gasteiger partial charge < -0.3 is 9.84 Å². The Bertz CT molecular complexity index is 770. The molecule has 122 valence electrons. The Balaban J connectivity index is 2.01. The fourth-order valence-corrected chi connectivity index (χ4v) is 2.03. The van der Waals surface area contributed by atoms with E-state index in [1.165, 1.54) is 13.0 Å². The molecular formula is C19H16O5. The van der Waals surface area contributed by atoms with Crippen molar-refractivity contribution < 1.29 is 24.2 Å². The zero-order valence-electron chi connectivity index (χ0n) is 13.1. The number of esters is 1. The molecule has 0 spiro atoms. The van der Waals surface area contributed by atoms with Crippen LogP contribution >= 0.6 is 0 Å². The zero-order valence-corrected chi connectivity index (χ0v) is 13.1. The number of carbonyl (C=O) groups is 3. The van der Waals surface area contributed by atoms with Crippen molar-refractivity contribution in [3.63, 3.8) is 0 Å². The summed E-state index contributed by atoms with van der Waals surface area (Å²) in [6, 6.07) is 13.1. The number of hydrogen-bond acceptors (Lipinski definition) is 4. The minimum absolute atomic E-state index is 0.0577. The van der Waals surface area contributed by atoms with Gasteiger partial charge in [-0.2, -0.15) is 0 Å². The predicted molar refractivity (Wildman–Crippen MR) is 88.9 cm³/mol. The van der Waals surface area contributed by atoms with Crippen LogP contribution < -0.4 is 4.74 Å². The quantitative estimate of drug-likeness (QED) is 0.501. The molecule has 5 heteroatoms. The van der Waals surface area contributed by atoms with Gasteiger partial charge in [0.25, 0.3) is 0 Å². The van der Waals surface area contributed by atoms with Gasteiger partial charge in [-0.1, -0.05) is 24.3 Å². The maximum atomic E-state index is 12.1. The van der Waals surface area contributed by atoms with Crippen molar-refractivity contribution >= 4 is 23.8 Å². The van der Waals surface area contributed by atoms with Crippen molar-refractivity contribution in [2.75, 3.05) is 0 Å². The number of rotatable bonds is 6. The van der Waals surface area contributed by atoms with Crippen LogP contribution in [0, 0.1) is 0 Å². The van der Waals surface area contributed by atoms with Crippen molar-refractivity contribution in [1.29, 1.82) is 0 Å². The van der Waals surface area contributed by atoms with E-state index in [4.69, 9.17) is 9.84 Å². The molecule has 0 amide bonds. The summed E-state index contributed by atoms with van der Waals surface area (Å²) in [6.45, 7) is 1.51. The molecule has 2 rings (SSSR count). The highest BCUT2D eigenvalue weighted by molar-refractivity contribution is 5.91. The van der Waals surface area contributed by atoms with E-state index in [0.717, 1.165) is 11.6 Å². The molecule has 0 aromatic heterocycles. The molecule has 0 aliphatic rings. The van der Waals surface area contributed by atoms with Crippen LogP contribution in [0.4, 0.5) is 0 Å². The molecule has 0 atom stereocenters. The summed E-state index contributed by atoms with van der Waals surface area (Å²) in [5.74, 6) is -1.11. The zero-order chi connectivity index (χ0) is 17.5. The predicted octanol–water partition coefficient (Wildman–Crippen LogP) is 3.14. The Labute approximate surface area is 139 Å². The Morgan fingerprint density at radius 3 is 2.17 bits per heavy atom. The lowest BCUT2D eigenvalue weighted by Gasteiger charge is -2.05. The number of carboxylic acid groups (broad SMARTS) is 1. The molecule has 2 aromatic rings. The number of Topliss-reactive ketones (excluding diaryl/α,β-unsaturated/α-hetero) is 1. The van der Waals surface area contributed by atoms with Gasteiger partial charge in [0.1, 0.15) is 11.5 Å². The fourth-order valence-electron chi connectivity index (χ4n) is 2.03. The van der Waals surface area contributed by atoms with E-state index in [-0.39, 0.29) is 5.78 Å². The normalized spacial score (nSPS) is 10.5. The van der Waals surface area contributed by atoms with Gasteiger partial charge in [-0.3, -0.25) is 4.79 Å². The number of aliphatic carboxylic acids is 1. The van der Waals surface area contributed by atoms with Gasteiger partial charge in [0.05, 0.1) is 5.56 Å². The van der Waals surface area contributed by atoms with Crippen molar-refractivity contribution in [2.45, 2.75) is 13.3 Å². The molecule has 0 heterocycles. The summed E-state index contributed by atoms with van der Waals surface area (Å²) in [6.07, 6.45) is 2.81. The van der Waals surface area contributed by atoms with Gasteiger partial charge in [0.15, 0.2) is 0 Å². The van der Waals surface area contributed by atoms with Crippen LogP contribution in [0.2, 0.25) is 0 Å². The SMILES string of the molecule is CC(=O)Cc1ccc(C(=O)Oc2ccc(/C=C/C(=O)O)cc2)cc1. The van der Waals surface area contributed by atoms with Crippen LogP contribution in [-0.2, 0) is 16.0 Å². The van der Waals surface area contributed by atoms with Gasteiger partial charge >= 0.3 is 11.9 Å². The van der Waals surface area contributed by atoms with Crippen LogP contribution in [0.5, 0.6) is 5.75 Å². The Morgan fingerprint density at radius 1 is 1.00 bits per heavy atom. The van der Waals surface area contributed by atoms with Crippen LogP contribution in [0.3, 0.4) is 0 Å². The van der Waals surface area contributed by atoms with Crippen molar-refractivity contribution in [3.8, 4) is 5.75 Å². The minimum Gasteiger partial charge on any atom is -0.478 e. The number of ketones is 1. The lowest BCUT2D eigenvalue weighted by atomic mass is 10.1. The molecule has 0 saturated heterocycles. The number of carbonyl (C=O) groups excluding carboxylic acids is 2. The van der Waals surface area contributed by atoms with Crippen molar-refractivity contribution in [1.82, 2.24) is 0 Å². The number of benzene rings is 2. The molecule has 0 unspecified atom stereocenters. The first-order chi connectivity index (χ1) is 11.4. The largest absolute Gasteiger partial charge is 0.478 e. The monoisotopic (exact) mass is 324 g/mol. The first kappa shape index (κ1) is 17.1. The molecule has 1 N–H and O–H groups in total. The van der Waals surface area contributed by atoms with E-state index < -0.39 is 11.9 Å². The smallest absolute Gasteiger partial charge is 0.343 e. The third-order valence-corrected chi connectivity index (χ3v) is 3.15. The highest BCUT2D eigenvalue weighted by Gasteiger charge is 2.09. The molecule has 0 saturated carbocycles. The van der Waals surface area contributed by atoms with Crippen LogP contribution in [0.1, 0.15) is 28.4 Å². The summed E-state index contributed by atoms with van der Waals surface area (Å²) < 4.78 is 5.26. The van der Waals surface area contributed by atoms with Crippen LogP contribution in [0.25, 0.3) is 6.08 Å². The third kappa shape index (κ3) is 5.21. The Hall–Kier alpha value is -3.21.